The number of aryl methyl sites for hydroxylation is 1. The number of aliphatic carboxylic acids is 1. The van der Waals surface area contributed by atoms with E-state index in [9.17, 15) is 19.2 Å². The van der Waals surface area contributed by atoms with E-state index in [1.165, 1.54) is 16.7 Å². The second-order valence-electron chi connectivity index (χ2n) is 9.35. The first-order valence-corrected chi connectivity index (χ1v) is 12.6. The number of ether oxygens (including phenoxy) is 1. The van der Waals surface area contributed by atoms with Crippen LogP contribution in [0.3, 0.4) is 0 Å². The molecule has 36 heavy (non-hydrogen) atoms. The number of carbonyl (C=O) groups excluding carboxylic acids is 3. The molecule has 9 nitrogen and oxygen atoms in total. The van der Waals surface area contributed by atoms with E-state index in [2.05, 4.69) is 10.6 Å². The molecule has 3 N–H and O–H groups in total. The predicted octanol–water partition coefficient (Wildman–Crippen LogP) is 3.81. The van der Waals surface area contributed by atoms with Crippen LogP contribution >= 0.6 is 11.8 Å². The number of thioether (sulfide) groups is 1. The molecule has 0 spiro atoms. The lowest BCUT2D eigenvalue weighted by Gasteiger charge is -2.30. The van der Waals surface area contributed by atoms with E-state index < -0.39 is 35.5 Å². The van der Waals surface area contributed by atoms with Crippen molar-refractivity contribution in [2.75, 3.05) is 17.6 Å². The summed E-state index contributed by atoms with van der Waals surface area (Å²) in [6.45, 7) is 5.01. The molecule has 0 radical (unpaired) electrons. The summed E-state index contributed by atoms with van der Waals surface area (Å²) in [5.41, 5.74) is 1.43. The summed E-state index contributed by atoms with van der Waals surface area (Å²) in [7, 11) is 0. The number of hydrogen-bond acceptors (Lipinski definition) is 6. The lowest BCUT2D eigenvalue weighted by molar-refractivity contribution is -0.163. The highest BCUT2D eigenvalue weighted by Gasteiger charge is 2.43. The Morgan fingerprint density at radius 2 is 1.81 bits per heavy atom. The fraction of sp³-hybridized carbons (Fsp3) is 0.385. The van der Waals surface area contributed by atoms with Gasteiger partial charge in [0.05, 0.1) is 6.54 Å². The fourth-order valence-electron chi connectivity index (χ4n) is 3.72. The Labute approximate surface area is 214 Å². The number of esters is 1. The Hall–Kier alpha value is -3.53. The van der Waals surface area contributed by atoms with Gasteiger partial charge in [-0.2, -0.15) is 0 Å². The molecule has 2 atom stereocenters. The summed E-state index contributed by atoms with van der Waals surface area (Å²) in [4.78, 5) is 50.9. The van der Waals surface area contributed by atoms with Crippen LogP contribution in [0.25, 0.3) is 0 Å². The van der Waals surface area contributed by atoms with Crippen LogP contribution in [-0.4, -0.2) is 57.8 Å². The van der Waals surface area contributed by atoms with Crippen LogP contribution in [0.1, 0.15) is 43.7 Å². The van der Waals surface area contributed by atoms with Crippen LogP contribution in [-0.2, 0) is 25.5 Å². The van der Waals surface area contributed by atoms with E-state index in [1.807, 2.05) is 30.3 Å². The van der Waals surface area contributed by atoms with Crippen molar-refractivity contribution >= 4 is 41.3 Å². The first-order chi connectivity index (χ1) is 17.0. The number of nitrogens with zero attached hydrogens (tertiary/aromatic N) is 1. The number of anilines is 1. The van der Waals surface area contributed by atoms with E-state index in [1.54, 1.807) is 45.0 Å². The number of amides is 3. The monoisotopic (exact) mass is 513 g/mol. The number of nitrogens with one attached hydrogen (secondary N) is 2. The first kappa shape index (κ1) is 27.1. The number of urea groups is 1. The lowest BCUT2D eigenvalue weighted by Crippen LogP contribution is -2.49. The molecule has 0 aliphatic carbocycles. The molecule has 2 aromatic carbocycles. The van der Waals surface area contributed by atoms with Gasteiger partial charge in [-0.3, -0.25) is 9.59 Å². The van der Waals surface area contributed by atoms with Crippen LogP contribution in [0.4, 0.5) is 10.5 Å². The molecular formula is C26H31N3O6S. The van der Waals surface area contributed by atoms with Crippen molar-refractivity contribution in [1.82, 2.24) is 10.2 Å². The predicted molar refractivity (Wildman–Crippen MR) is 138 cm³/mol. The molecular weight excluding hydrogens is 482 g/mol. The fourth-order valence-corrected chi connectivity index (χ4v) is 5.15. The minimum Gasteiger partial charge on any atom is -0.481 e. The summed E-state index contributed by atoms with van der Waals surface area (Å²) >= 11 is 1.47. The van der Waals surface area contributed by atoms with Crippen LogP contribution in [0.15, 0.2) is 54.6 Å². The van der Waals surface area contributed by atoms with Crippen LogP contribution < -0.4 is 10.6 Å². The average molecular weight is 514 g/mol. The molecule has 1 heterocycles. The maximum absolute atomic E-state index is 13.3. The molecule has 2 unspecified atom stereocenters. The van der Waals surface area contributed by atoms with Crippen molar-refractivity contribution in [3.05, 3.63) is 65.7 Å². The summed E-state index contributed by atoms with van der Waals surface area (Å²) in [5, 5.41) is 13.7. The highest BCUT2D eigenvalue weighted by molar-refractivity contribution is 7.99. The highest BCUT2D eigenvalue weighted by atomic mass is 32.2. The molecule has 2 aromatic rings. The van der Waals surface area contributed by atoms with Gasteiger partial charge in [-0.1, -0.05) is 42.5 Å². The standard InChI is InChI=1S/C26H31N3O6S/c1-26(2,3)35-24(33)20-16-36-23(18-9-5-4-6-10-18)29(20)21(30)15-27-25(34)28-19-11-7-8-17(14-19)12-13-22(31)32/h4-11,14,20,23H,12-13,15-16H2,1-3H3,(H,31,32)(H2,27,28,34). The highest BCUT2D eigenvalue weighted by Crippen LogP contribution is 2.41. The zero-order valence-corrected chi connectivity index (χ0v) is 21.3. The van der Waals surface area contributed by atoms with Crippen LogP contribution in [0.2, 0.25) is 0 Å². The van der Waals surface area contributed by atoms with E-state index in [0.29, 0.717) is 17.9 Å². The quantitative estimate of drug-likeness (QED) is 0.459. The minimum atomic E-state index is -0.900. The van der Waals surface area contributed by atoms with Crippen molar-refractivity contribution in [2.24, 2.45) is 0 Å². The number of carboxylic acid groups (broad SMARTS) is 1. The van der Waals surface area contributed by atoms with Crippen molar-refractivity contribution in [1.29, 1.82) is 0 Å². The van der Waals surface area contributed by atoms with Crippen LogP contribution in [0, 0.1) is 0 Å². The van der Waals surface area contributed by atoms with Crippen molar-refractivity contribution in [3.8, 4) is 0 Å². The number of benzene rings is 2. The average Bonchev–Trinajstić information content (AvgIpc) is 3.27. The van der Waals surface area contributed by atoms with Gasteiger partial charge in [-0.05, 0) is 50.5 Å². The zero-order valence-electron chi connectivity index (χ0n) is 20.5. The maximum atomic E-state index is 13.3. The molecule has 0 saturated carbocycles. The molecule has 3 rings (SSSR count). The van der Waals surface area contributed by atoms with E-state index in [-0.39, 0.29) is 18.3 Å². The molecule has 1 aliphatic heterocycles. The van der Waals surface area contributed by atoms with E-state index in [0.717, 1.165) is 11.1 Å². The molecule has 1 aliphatic rings. The molecule has 10 heteroatoms. The van der Waals surface area contributed by atoms with Gasteiger partial charge in [0, 0.05) is 17.9 Å². The summed E-state index contributed by atoms with van der Waals surface area (Å²) < 4.78 is 5.55. The second-order valence-corrected chi connectivity index (χ2v) is 10.5. The van der Waals surface area contributed by atoms with Crippen molar-refractivity contribution in [3.63, 3.8) is 0 Å². The van der Waals surface area contributed by atoms with E-state index >= 15 is 0 Å². The number of rotatable bonds is 8. The van der Waals surface area contributed by atoms with Gasteiger partial charge < -0.3 is 25.4 Å². The molecule has 192 valence electrons. The van der Waals surface area contributed by atoms with Crippen LogP contribution in [0.5, 0.6) is 0 Å². The Kier molecular flexibility index (Phi) is 8.98. The van der Waals surface area contributed by atoms with Gasteiger partial charge in [0.2, 0.25) is 5.91 Å². The Morgan fingerprint density at radius 1 is 1.08 bits per heavy atom. The van der Waals surface area contributed by atoms with Crippen molar-refractivity contribution < 1.29 is 29.0 Å². The summed E-state index contributed by atoms with van der Waals surface area (Å²) in [6, 6.07) is 14.9. The summed E-state index contributed by atoms with van der Waals surface area (Å²) in [6.07, 6.45) is 0.323. The number of carboxylic acids is 1. The molecule has 0 aromatic heterocycles. The molecule has 0 bridgehead atoms. The van der Waals surface area contributed by atoms with Gasteiger partial charge in [-0.25, -0.2) is 9.59 Å². The SMILES string of the molecule is CC(C)(C)OC(=O)C1CSC(c2ccccc2)N1C(=O)CNC(=O)Nc1cccc(CCC(=O)O)c1. The first-order valence-electron chi connectivity index (χ1n) is 11.6. The minimum absolute atomic E-state index is 0.0145. The lowest BCUT2D eigenvalue weighted by atomic mass is 10.1. The zero-order chi connectivity index (χ0) is 26.3. The third kappa shape index (κ3) is 7.74. The molecule has 3 amide bonds. The Balaban J connectivity index is 1.67. The van der Waals surface area contributed by atoms with Gasteiger partial charge in [0.25, 0.3) is 0 Å². The van der Waals surface area contributed by atoms with Crippen molar-refractivity contribution in [2.45, 2.75) is 50.6 Å². The number of hydrogen-bond donors (Lipinski definition) is 3. The largest absolute Gasteiger partial charge is 0.481 e. The topological polar surface area (TPSA) is 125 Å². The number of carbonyl (C=O) groups is 4. The molecule has 1 saturated heterocycles. The third-order valence-electron chi connectivity index (χ3n) is 5.26. The Morgan fingerprint density at radius 3 is 2.47 bits per heavy atom. The van der Waals surface area contributed by atoms with E-state index in [4.69, 9.17) is 9.84 Å². The van der Waals surface area contributed by atoms with Gasteiger partial charge >= 0.3 is 18.0 Å². The Bertz CT molecular complexity index is 1100. The normalized spacial score (nSPS) is 17.4. The van der Waals surface area contributed by atoms with Gasteiger partial charge in [0.15, 0.2) is 0 Å². The second kappa shape index (κ2) is 11.9. The van der Waals surface area contributed by atoms with Gasteiger partial charge in [0.1, 0.15) is 17.0 Å². The third-order valence-corrected chi connectivity index (χ3v) is 6.59. The van der Waals surface area contributed by atoms with Gasteiger partial charge in [-0.15, -0.1) is 11.8 Å². The maximum Gasteiger partial charge on any atom is 0.330 e. The molecule has 1 fully saturated rings. The summed E-state index contributed by atoms with van der Waals surface area (Å²) in [5.74, 6) is -1.40. The smallest absolute Gasteiger partial charge is 0.330 e.